The minimum absolute atomic E-state index is 0.179. The first-order valence-electron chi connectivity index (χ1n) is 6.39. The summed E-state index contributed by atoms with van der Waals surface area (Å²) in [6.07, 6.45) is 3.45. The molecule has 0 aliphatic carbocycles. The Kier molecular flexibility index (Phi) is 5.66. The first-order chi connectivity index (χ1) is 8.60. The molecule has 1 N–H and O–H groups in total. The Morgan fingerprint density at radius 3 is 2.67 bits per heavy atom. The normalized spacial score (nSPS) is 18.2. The van der Waals surface area contributed by atoms with E-state index in [0.29, 0.717) is 6.54 Å². The Morgan fingerprint density at radius 1 is 1.56 bits per heavy atom. The monoisotopic (exact) mass is 250 g/mol. The van der Waals surface area contributed by atoms with Gasteiger partial charge in [-0.3, -0.25) is 4.79 Å². The van der Waals surface area contributed by atoms with Crippen molar-refractivity contribution in [2.45, 2.75) is 25.8 Å². The standard InChI is InChI=1S/C13H22N4O/c1-4-15-10-11(9-14)13(18)17(3)12-5-7-16(2)8-6-12/h10,12,15H,4-8H2,1-3H3/b11-10-. The van der Waals surface area contributed by atoms with Crippen LogP contribution in [0.2, 0.25) is 0 Å². The third kappa shape index (κ3) is 3.74. The molecule has 0 unspecified atom stereocenters. The average Bonchev–Trinajstić information content (AvgIpc) is 2.39. The largest absolute Gasteiger partial charge is 0.390 e. The molecule has 5 nitrogen and oxygen atoms in total. The summed E-state index contributed by atoms with van der Waals surface area (Å²) >= 11 is 0. The molecule has 18 heavy (non-hydrogen) atoms. The second-order valence-corrected chi connectivity index (χ2v) is 4.68. The van der Waals surface area contributed by atoms with Gasteiger partial charge in [0.15, 0.2) is 0 Å². The number of carbonyl (C=O) groups is 1. The summed E-state index contributed by atoms with van der Waals surface area (Å²) in [5.74, 6) is -0.187. The van der Waals surface area contributed by atoms with Crippen molar-refractivity contribution in [2.24, 2.45) is 0 Å². The lowest BCUT2D eigenvalue weighted by atomic mass is 10.0. The number of carbonyl (C=O) groups excluding carboxylic acids is 1. The van der Waals surface area contributed by atoms with Crippen LogP contribution in [0.4, 0.5) is 0 Å². The van der Waals surface area contributed by atoms with E-state index in [2.05, 4.69) is 17.3 Å². The van der Waals surface area contributed by atoms with Gasteiger partial charge in [0.1, 0.15) is 11.6 Å². The van der Waals surface area contributed by atoms with Crippen molar-refractivity contribution in [1.29, 1.82) is 5.26 Å². The summed E-state index contributed by atoms with van der Waals surface area (Å²) < 4.78 is 0. The molecular weight excluding hydrogens is 228 g/mol. The highest BCUT2D eigenvalue weighted by Gasteiger charge is 2.25. The molecule has 100 valence electrons. The number of rotatable bonds is 4. The molecule has 0 aromatic heterocycles. The van der Waals surface area contributed by atoms with Gasteiger partial charge >= 0.3 is 0 Å². The lowest BCUT2D eigenvalue weighted by Gasteiger charge is -2.34. The predicted molar refractivity (Wildman–Crippen MR) is 70.7 cm³/mol. The minimum atomic E-state index is -0.187. The van der Waals surface area contributed by atoms with Crippen LogP contribution in [-0.4, -0.2) is 55.5 Å². The molecule has 1 fully saturated rings. The Labute approximate surface area is 109 Å². The van der Waals surface area contributed by atoms with Crippen LogP contribution in [0, 0.1) is 11.3 Å². The van der Waals surface area contributed by atoms with Crippen molar-refractivity contribution in [2.75, 3.05) is 33.7 Å². The Morgan fingerprint density at radius 2 is 2.17 bits per heavy atom. The van der Waals surface area contributed by atoms with E-state index in [9.17, 15) is 4.79 Å². The highest BCUT2D eigenvalue weighted by molar-refractivity contribution is 5.97. The number of likely N-dealkylation sites (N-methyl/N-ethyl adjacent to an activating group) is 1. The maximum absolute atomic E-state index is 12.1. The summed E-state index contributed by atoms with van der Waals surface area (Å²) in [7, 11) is 3.87. The maximum atomic E-state index is 12.1. The van der Waals surface area contributed by atoms with Gasteiger partial charge in [0, 0.05) is 25.8 Å². The predicted octanol–water partition coefficient (Wildman–Crippen LogP) is 0.556. The third-order valence-corrected chi connectivity index (χ3v) is 3.36. The van der Waals surface area contributed by atoms with Crippen LogP contribution in [0.15, 0.2) is 11.8 Å². The van der Waals surface area contributed by atoms with Crippen molar-refractivity contribution in [3.05, 3.63) is 11.8 Å². The van der Waals surface area contributed by atoms with E-state index in [4.69, 9.17) is 5.26 Å². The summed E-state index contributed by atoms with van der Waals surface area (Å²) in [5, 5.41) is 11.9. The van der Waals surface area contributed by atoms with Crippen LogP contribution in [0.5, 0.6) is 0 Å². The van der Waals surface area contributed by atoms with Gasteiger partial charge < -0.3 is 15.1 Å². The number of nitrogens with zero attached hydrogens (tertiary/aromatic N) is 3. The van der Waals surface area contributed by atoms with Gasteiger partial charge in [0.2, 0.25) is 0 Å². The summed E-state index contributed by atoms with van der Waals surface area (Å²) in [4.78, 5) is 16.1. The molecule has 0 bridgehead atoms. The van der Waals surface area contributed by atoms with Crippen molar-refractivity contribution < 1.29 is 4.79 Å². The Balaban J connectivity index is 2.62. The third-order valence-electron chi connectivity index (χ3n) is 3.36. The van der Waals surface area contributed by atoms with E-state index >= 15 is 0 Å². The molecule has 0 radical (unpaired) electrons. The fraction of sp³-hybridized carbons (Fsp3) is 0.692. The van der Waals surface area contributed by atoms with Crippen molar-refractivity contribution >= 4 is 5.91 Å². The van der Waals surface area contributed by atoms with Crippen molar-refractivity contribution in [3.63, 3.8) is 0 Å². The van der Waals surface area contributed by atoms with Crippen molar-refractivity contribution in [3.8, 4) is 6.07 Å². The van der Waals surface area contributed by atoms with Crippen LogP contribution in [0.25, 0.3) is 0 Å². The molecule has 1 aliphatic heterocycles. The van der Waals surface area contributed by atoms with E-state index in [-0.39, 0.29) is 17.5 Å². The molecule has 0 aromatic carbocycles. The Hall–Kier alpha value is -1.54. The highest BCUT2D eigenvalue weighted by atomic mass is 16.2. The number of amides is 1. The van der Waals surface area contributed by atoms with Gasteiger partial charge in [-0.15, -0.1) is 0 Å². The summed E-state index contributed by atoms with van der Waals surface area (Å²) in [5.41, 5.74) is 0.179. The number of hydrogen-bond donors (Lipinski definition) is 1. The number of likely N-dealkylation sites (tertiary alicyclic amines) is 1. The second kappa shape index (κ2) is 7.02. The quantitative estimate of drug-likeness (QED) is 0.585. The highest BCUT2D eigenvalue weighted by Crippen LogP contribution is 2.15. The molecular formula is C13H22N4O. The first kappa shape index (κ1) is 14.5. The fourth-order valence-electron chi connectivity index (χ4n) is 2.08. The maximum Gasteiger partial charge on any atom is 0.265 e. The van der Waals surface area contributed by atoms with Gasteiger partial charge in [-0.25, -0.2) is 0 Å². The summed E-state index contributed by atoms with van der Waals surface area (Å²) in [6, 6.07) is 2.21. The van der Waals surface area contributed by atoms with Crippen LogP contribution in [-0.2, 0) is 4.79 Å². The lowest BCUT2D eigenvalue weighted by molar-refractivity contribution is -0.128. The number of nitriles is 1. The number of piperidine rings is 1. The zero-order valence-corrected chi connectivity index (χ0v) is 11.4. The smallest absolute Gasteiger partial charge is 0.265 e. The fourth-order valence-corrected chi connectivity index (χ4v) is 2.08. The van der Waals surface area contributed by atoms with E-state index in [1.54, 1.807) is 11.9 Å². The first-order valence-corrected chi connectivity index (χ1v) is 6.39. The van der Waals surface area contributed by atoms with Gasteiger partial charge in [-0.05, 0) is 39.9 Å². The van der Waals surface area contributed by atoms with Crippen LogP contribution in [0.1, 0.15) is 19.8 Å². The molecule has 1 rings (SSSR count). The zero-order valence-electron chi connectivity index (χ0n) is 11.4. The van der Waals surface area contributed by atoms with E-state index in [1.807, 2.05) is 13.0 Å². The lowest BCUT2D eigenvalue weighted by Crippen LogP contribution is -2.45. The van der Waals surface area contributed by atoms with E-state index in [0.717, 1.165) is 25.9 Å². The van der Waals surface area contributed by atoms with Gasteiger partial charge in [0.25, 0.3) is 5.91 Å². The van der Waals surface area contributed by atoms with Crippen molar-refractivity contribution in [1.82, 2.24) is 15.1 Å². The topological polar surface area (TPSA) is 59.4 Å². The van der Waals surface area contributed by atoms with E-state index in [1.165, 1.54) is 6.20 Å². The van der Waals surface area contributed by atoms with Gasteiger partial charge in [-0.2, -0.15) is 5.26 Å². The second-order valence-electron chi connectivity index (χ2n) is 4.68. The molecule has 0 aromatic rings. The molecule has 1 aliphatic rings. The molecule has 0 atom stereocenters. The molecule has 0 spiro atoms. The molecule has 1 saturated heterocycles. The average molecular weight is 250 g/mol. The Bertz CT molecular complexity index is 350. The molecule has 0 saturated carbocycles. The summed E-state index contributed by atoms with van der Waals surface area (Å²) in [6.45, 7) is 4.63. The van der Waals surface area contributed by atoms with Gasteiger partial charge in [0.05, 0.1) is 0 Å². The molecule has 1 amide bonds. The van der Waals surface area contributed by atoms with Crippen LogP contribution in [0.3, 0.4) is 0 Å². The SMILES string of the molecule is CCN/C=C(/C#N)C(=O)N(C)C1CCN(C)CC1. The number of nitrogens with one attached hydrogen (secondary N) is 1. The molecule has 5 heteroatoms. The van der Waals surface area contributed by atoms with Crippen LogP contribution >= 0.6 is 0 Å². The van der Waals surface area contributed by atoms with Crippen LogP contribution < -0.4 is 5.32 Å². The number of hydrogen-bond acceptors (Lipinski definition) is 4. The van der Waals surface area contributed by atoms with E-state index < -0.39 is 0 Å². The molecule has 1 heterocycles. The minimum Gasteiger partial charge on any atom is -0.390 e. The zero-order chi connectivity index (χ0) is 13.5. The van der Waals surface area contributed by atoms with Gasteiger partial charge in [-0.1, -0.05) is 0 Å².